The van der Waals surface area contributed by atoms with E-state index in [2.05, 4.69) is 26.0 Å². The largest absolute Gasteiger partial charge is 0.462 e. The second kappa shape index (κ2) is 35.2. The van der Waals surface area contributed by atoms with E-state index in [1.807, 2.05) is 0 Å². The van der Waals surface area contributed by atoms with Crippen LogP contribution in [0.2, 0.25) is 0 Å². The number of unbranched alkanes of at least 4 members (excludes halogenated alkanes) is 24. The normalized spacial score (nSPS) is 20.6. The molecule has 336 valence electrons. The second-order valence-corrected chi connectivity index (χ2v) is 17.6. The lowest BCUT2D eigenvalue weighted by molar-refractivity contribution is -0.297. The summed E-state index contributed by atoms with van der Waals surface area (Å²) in [6.45, 7) is 3.75. The fourth-order valence-electron chi connectivity index (χ4n) is 7.02. The molecule has 1 saturated heterocycles. The molecule has 13 heteroatoms. The number of esters is 2. The number of ether oxygens (including phenoxy) is 4. The number of carbonyl (C=O) groups is 2. The Hall–Kier alpha value is -1.61. The van der Waals surface area contributed by atoms with Crippen LogP contribution < -0.4 is 0 Å². The van der Waals surface area contributed by atoms with Crippen LogP contribution in [-0.2, 0) is 38.7 Å². The lowest BCUT2D eigenvalue weighted by Crippen LogP contribution is -2.60. The average molecular weight is 835 g/mol. The zero-order chi connectivity index (χ0) is 42.0. The van der Waals surface area contributed by atoms with Crippen LogP contribution in [0.4, 0.5) is 0 Å². The molecule has 1 aliphatic rings. The van der Waals surface area contributed by atoms with E-state index in [1.165, 1.54) is 116 Å². The number of carbonyl (C=O) groups excluding carboxylic acids is 2. The van der Waals surface area contributed by atoms with Crippen molar-refractivity contribution in [3.05, 3.63) is 12.2 Å². The Morgan fingerprint density at radius 3 is 1.47 bits per heavy atom. The zero-order valence-electron chi connectivity index (χ0n) is 35.7. The standard InChI is InChI=1S/C44H82O12S/c1-3-5-7-9-11-13-15-17-19-21-23-25-27-29-31-33-40(46)55-37(35-54-44-43(49)42(48)41(47)38(56-44)36-57(50,51)52)34-53-39(45)32-30-28-26-24-22-20-18-16-14-12-10-8-6-4-2/h21,23,37-38,41-44,47-49H,3-20,22,24-36H2,1-2H3,(H,50,51,52)/b23-21+/t37-,38-,41-,42?,43?,44+/m1/s1. The number of aliphatic hydroxyl groups excluding tert-OH is 3. The van der Waals surface area contributed by atoms with Gasteiger partial charge < -0.3 is 34.3 Å². The van der Waals surface area contributed by atoms with Gasteiger partial charge in [0.2, 0.25) is 0 Å². The van der Waals surface area contributed by atoms with Crippen LogP contribution in [0.25, 0.3) is 0 Å². The van der Waals surface area contributed by atoms with Gasteiger partial charge in [0.05, 0.1) is 6.61 Å². The first-order valence-electron chi connectivity index (χ1n) is 22.7. The maximum atomic E-state index is 12.8. The van der Waals surface area contributed by atoms with E-state index in [0.29, 0.717) is 12.8 Å². The van der Waals surface area contributed by atoms with Crippen LogP contribution in [0.15, 0.2) is 12.2 Å². The molecular weight excluding hydrogens is 753 g/mol. The van der Waals surface area contributed by atoms with Crippen molar-refractivity contribution in [3.8, 4) is 0 Å². The van der Waals surface area contributed by atoms with Gasteiger partial charge in [-0.2, -0.15) is 8.42 Å². The first-order valence-corrected chi connectivity index (χ1v) is 24.4. The lowest BCUT2D eigenvalue weighted by atomic mass is 10.00. The average Bonchev–Trinajstić information content (AvgIpc) is 3.17. The molecule has 0 aromatic heterocycles. The number of rotatable bonds is 38. The second-order valence-electron chi connectivity index (χ2n) is 16.1. The molecule has 1 rings (SSSR count). The lowest BCUT2D eigenvalue weighted by Gasteiger charge is -2.40. The number of allylic oxidation sites excluding steroid dienone is 2. The molecule has 0 spiro atoms. The van der Waals surface area contributed by atoms with Crippen molar-refractivity contribution >= 4 is 22.1 Å². The third-order valence-electron chi connectivity index (χ3n) is 10.6. The van der Waals surface area contributed by atoms with Gasteiger partial charge >= 0.3 is 11.9 Å². The Morgan fingerprint density at radius 2 is 1.00 bits per heavy atom. The minimum Gasteiger partial charge on any atom is -0.462 e. The van der Waals surface area contributed by atoms with Crippen molar-refractivity contribution in [1.82, 2.24) is 0 Å². The molecule has 0 radical (unpaired) electrons. The highest BCUT2D eigenvalue weighted by molar-refractivity contribution is 7.85. The maximum absolute atomic E-state index is 12.8. The van der Waals surface area contributed by atoms with Gasteiger partial charge in [0, 0.05) is 12.8 Å². The van der Waals surface area contributed by atoms with Crippen LogP contribution in [0, 0.1) is 0 Å². The molecule has 0 bridgehead atoms. The fourth-order valence-corrected chi connectivity index (χ4v) is 7.72. The van der Waals surface area contributed by atoms with Crippen LogP contribution >= 0.6 is 0 Å². The van der Waals surface area contributed by atoms with Crippen LogP contribution in [0.1, 0.15) is 200 Å². The molecule has 0 saturated carbocycles. The summed E-state index contributed by atoms with van der Waals surface area (Å²) in [7, 11) is -4.60. The highest BCUT2D eigenvalue weighted by Crippen LogP contribution is 2.24. The summed E-state index contributed by atoms with van der Waals surface area (Å²) in [5, 5.41) is 30.9. The minimum atomic E-state index is -4.60. The van der Waals surface area contributed by atoms with Crippen molar-refractivity contribution in [3.63, 3.8) is 0 Å². The predicted octanol–water partition coefficient (Wildman–Crippen LogP) is 9.06. The third kappa shape index (κ3) is 30.1. The molecule has 0 aliphatic carbocycles. The van der Waals surface area contributed by atoms with Gasteiger partial charge in [-0.3, -0.25) is 14.1 Å². The molecule has 1 aliphatic heterocycles. The quantitative estimate of drug-likeness (QED) is 0.0200. The first-order chi connectivity index (χ1) is 27.5. The maximum Gasteiger partial charge on any atom is 0.306 e. The van der Waals surface area contributed by atoms with E-state index in [9.17, 15) is 37.9 Å². The van der Waals surface area contributed by atoms with Gasteiger partial charge in [0.1, 0.15) is 36.8 Å². The van der Waals surface area contributed by atoms with E-state index >= 15 is 0 Å². The van der Waals surface area contributed by atoms with Crippen LogP contribution in [0.3, 0.4) is 0 Å². The van der Waals surface area contributed by atoms with Crippen LogP contribution in [0.5, 0.6) is 0 Å². The highest BCUT2D eigenvalue weighted by atomic mass is 32.2. The van der Waals surface area contributed by atoms with Gasteiger partial charge in [-0.05, 0) is 38.5 Å². The Morgan fingerprint density at radius 1 is 0.579 bits per heavy atom. The Bertz CT molecular complexity index is 1120. The monoisotopic (exact) mass is 835 g/mol. The van der Waals surface area contributed by atoms with E-state index < -0.39 is 71.2 Å². The fraction of sp³-hybridized carbons (Fsp3) is 0.909. The van der Waals surface area contributed by atoms with Gasteiger partial charge in [-0.1, -0.05) is 161 Å². The predicted molar refractivity (Wildman–Crippen MR) is 224 cm³/mol. The molecule has 1 fully saturated rings. The smallest absolute Gasteiger partial charge is 0.306 e. The summed E-state index contributed by atoms with van der Waals surface area (Å²) in [6.07, 6.45) is 26.9. The molecule has 1 heterocycles. The zero-order valence-corrected chi connectivity index (χ0v) is 36.5. The summed E-state index contributed by atoms with van der Waals surface area (Å²) >= 11 is 0. The number of hydrogen-bond acceptors (Lipinski definition) is 11. The summed E-state index contributed by atoms with van der Waals surface area (Å²) in [5.41, 5.74) is 0. The molecule has 4 N–H and O–H groups in total. The van der Waals surface area contributed by atoms with Crippen LogP contribution in [-0.4, -0.2) is 96.0 Å². The van der Waals surface area contributed by atoms with Gasteiger partial charge in [-0.15, -0.1) is 0 Å². The minimum absolute atomic E-state index is 0.148. The van der Waals surface area contributed by atoms with Gasteiger partial charge in [-0.25, -0.2) is 0 Å². The van der Waals surface area contributed by atoms with E-state index in [4.69, 9.17) is 18.9 Å². The van der Waals surface area contributed by atoms with Crippen molar-refractivity contribution in [2.24, 2.45) is 0 Å². The SMILES string of the molecule is CCCCCCCCCC/C=C/CCCCCC(=O)O[C@H](COC(=O)CCCCCCCCCCCCCCCC)CO[C@H]1O[C@H](CS(=O)(=O)O)[C@@H](O)C(O)C1O. The molecule has 0 amide bonds. The van der Waals surface area contributed by atoms with Crippen molar-refractivity contribution in [2.45, 2.75) is 237 Å². The van der Waals surface area contributed by atoms with Gasteiger partial charge in [0.15, 0.2) is 12.4 Å². The third-order valence-corrected chi connectivity index (χ3v) is 11.3. The summed E-state index contributed by atoms with van der Waals surface area (Å²) < 4.78 is 54.0. The Balaban J connectivity index is 2.45. The highest BCUT2D eigenvalue weighted by Gasteiger charge is 2.46. The number of hydrogen-bond donors (Lipinski definition) is 4. The molecule has 12 nitrogen and oxygen atoms in total. The Kier molecular flexibility index (Phi) is 33.0. The van der Waals surface area contributed by atoms with E-state index in [-0.39, 0.29) is 19.4 Å². The molecule has 0 aromatic rings. The topological polar surface area (TPSA) is 186 Å². The summed E-state index contributed by atoms with van der Waals surface area (Å²) in [5.74, 6) is -1.99. The summed E-state index contributed by atoms with van der Waals surface area (Å²) in [6, 6.07) is 0. The van der Waals surface area contributed by atoms with E-state index in [0.717, 1.165) is 44.9 Å². The molecule has 57 heavy (non-hydrogen) atoms. The van der Waals surface area contributed by atoms with E-state index in [1.54, 1.807) is 0 Å². The Labute approximate surface area is 346 Å². The summed E-state index contributed by atoms with van der Waals surface area (Å²) in [4.78, 5) is 25.4. The van der Waals surface area contributed by atoms with Crippen molar-refractivity contribution in [2.75, 3.05) is 19.0 Å². The van der Waals surface area contributed by atoms with Crippen molar-refractivity contribution < 1.29 is 56.8 Å². The molecular formula is C44H82O12S. The van der Waals surface area contributed by atoms with Crippen molar-refractivity contribution in [1.29, 1.82) is 0 Å². The molecule has 2 unspecified atom stereocenters. The number of aliphatic hydroxyl groups is 3. The van der Waals surface area contributed by atoms with Gasteiger partial charge in [0.25, 0.3) is 10.1 Å². The molecule has 0 aromatic carbocycles. The first kappa shape index (κ1) is 53.4. The molecule has 6 atom stereocenters.